The summed E-state index contributed by atoms with van der Waals surface area (Å²) in [7, 11) is -4.64. The van der Waals surface area contributed by atoms with E-state index in [1.807, 2.05) is 12.1 Å². The average Bonchev–Trinajstić information content (AvgIpc) is 2.11. The number of halogens is 4. The van der Waals surface area contributed by atoms with Crippen LogP contribution in [0.2, 0.25) is 0 Å². The Kier molecular flexibility index (Phi) is 8.72. The van der Waals surface area contributed by atoms with Gasteiger partial charge in [-0.1, -0.05) is 15.9 Å². The highest BCUT2D eigenvalue weighted by Gasteiger charge is 2.04. The van der Waals surface area contributed by atoms with E-state index in [0.717, 1.165) is 19.1 Å². The Labute approximate surface area is 131 Å². The van der Waals surface area contributed by atoms with Crippen molar-refractivity contribution in [1.82, 2.24) is 4.45 Å². The van der Waals surface area contributed by atoms with Gasteiger partial charge in [0.25, 0.3) is 0 Å². The van der Waals surface area contributed by atoms with Gasteiger partial charge in [-0.15, -0.1) is 0 Å². The van der Waals surface area contributed by atoms with E-state index < -0.39 is 7.82 Å². The topological polar surface area (TPSA) is 102 Å². The van der Waals surface area contributed by atoms with Gasteiger partial charge in [-0.05, 0) is 44.0 Å². The molecule has 0 fully saturated rings. The van der Waals surface area contributed by atoms with Gasteiger partial charge in [0.2, 0.25) is 0 Å². The third-order valence-corrected chi connectivity index (χ3v) is 3.84. The maximum absolute atomic E-state index is 8.88. The first kappa shape index (κ1) is 18.0. The van der Waals surface area contributed by atoms with Crippen molar-refractivity contribution < 1.29 is 19.2 Å². The first-order valence-electron chi connectivity index (χ1n) is 3.69. The molecule has 11 heteroatoms. The van der Waals surface area contributed by atoms with Crippen molar-refractivity contribution >= 4 is 77.4 Å². The lowest BCUT2D eigenvalue weighted by Crippen LogP contribution is -2.08. The fraction of sp³-hybridized carbons (Fsp3) is 0. The molecule has 0 spiro atoms. The summed E-state index contributed by atoms with van der Waals surface area (Å²) in [5, 5.41) is 0. The number of hydrazine groups is 1. The number of rotatable bonds is 2. The van der Waals surface area contributed by atoms with Gasteiger partial charge in [0.05, 0.1) is 10.2 Å². The maximum atomic E-state index is 8.88. The minimum atomic E-state index is -4.64. The molecule has 0 radical (unpaired) electrons. The summed E-state index contributed by atoms with van der Waals surface area (Å²) < 4.78 is 14.5. The minimum Gasteiger partial charge on any atom is -0.310 e. The van der Waals surface area contributed by atoms with Crippen LogP contribution in [-0.2, 0) is 4.57 Å². The second kappa shape index (κ2) is 8.23. The highest BCUT2D eigenvalue weighted by atomic mass is 79.9. The van der Waals surface area contributed by atoms with Crippen LogP contribution in [0.3, 0.4) is 0 Å². The Morgan fingerprint density at radius 1 is 1.12 bits per heavy atom. The van der Waals surface area contributed by atoms with Crippen LogP contribution in [0.15, 0.2) is 25.6 Å². The number of phosphoric acid groups is 1. The highest BCUT2D eigenvalue weighted by Crippen LogP contribution is 2.33. The number of hydrogen-bond donors (Lipinski definition) is 5. The zero-order valence-corrected chi connectivity index (χ0v) is 15.1. The third-order valence-electron chi connectivity index (χ3n) is 1.17. The predicted molar refractivity (Wildman–Crippen MR) is 79.5 cm³/mol. The van der Waals surface area contributed by atoms with E-state index >= 15 is 0 Å². The Bertz CT molecular complexity index is 418. The van der Waals surface area contributed by atoms with Gasteiger partial charge in [-0.2, -0.15) is 4.45 Å². The molecule has 1 aromatic rings. The molecule has 0 amide bonds. The Hall–Kier alpha value is 1.01. The van der Waals surface area contributed by atoms with Gasteiger partial charge in [0.15, 0.2) is 0 Å². The van der Waals surface area contributed by atoms with Gasteiger partial charge in [0.1, 0.15) is 0 Å². The summed E-state index contributed by atoms with van der Waals surface area (Å²) in [5.74, 6) is 0. The summed E-state index contributed by atoms with van der Waals surface area (Å²) in [6, 6.07) is 3.91. The Balaban J connectivity index is 0.000000437. The summed E-state index contributed by atoms with van der Waals surface area (Å²) >= 11 is 13.3. The molecule has 1 aromatic carbocycles. The van der Waals surface area contributed by atoms with Crippen LogP contribution in [-0.4, -0.2) is 14.7 Å². The van der Waals surface area contributed by atoms with Crippen LogP contribution >= 0.6 is 71.8 Å². The van der Waals surface area contributed by atoms with Gasteiger partial charge < -0.3 is 20.1 Å². The van der Waals surface area contributed by atoms with Crippen molar-refractivity contribution in [1.29, 1.82) is 0 Å². The smallest absolute Gasteiger partial charge is 0.310 e. The molecule has 0 aliphatic rings. The van der Waals surface area contributed by atoms with Crippen molar-refractivity contribution in [2.75, 3.05) is 5.43 Å². The molecule has 0 bridgehead atoms. The fourth-order valence-electron chi connectivity index (χ4n) is 0.698. The standard InChI is InChI=1S/C6H4Br4N2.H3O4P/c7-3-1-4(8)6(9)5(2-3)11-12-10;1-5(2,3)4/h1-2,11-12H;(H3,1,2,3,4). The molecule has 0 atom stereocenters. The number of nitrogens with one attached hydrogen (secondary N) is 2. The number of hydrogen-bond acceptors (Lipinski definition) is 3. The quantitative estimate of drug-likeness (QED) is 0.177. The molecule has 0 heterocycles. The second-order valence-corrected chi connectivity index (χ2v) is 6.47. The van der Waals surface area contributed by atoms with E-state index in [1.165, 1.54) is 0 Å². The van der Waals surface area contributed by atoms with E-state index in [0.29, 0.717) is 0 Å². The first-order valence-corrected chi connectivity index (χ1v) is 8.43. The summed E-state index contributed by atoms with van der Waals surface area (Å²) in [6.45, 7) is 0. The van der Waals surface area contributed by atoms with Crippen LogP contribution in [0.5, 0.6) is 0 Å². The molecule has 0 unspecified atom stereocenters. The third kappa shape index (κ3) is 9.57. The second-order valence-electron chi connectivity index (χ2n) is 2.48. The molecular weight excluding hydrogens is 515 g/mol. The largest absolute Gasteiger partial charge is 0.466 e. The SMILES string of the molecule is BrNNc1cc(Br)cc(Br)c1Br.O=P(O)(O)O. The molecule has 5 N–H and O–H groups in total. The molecule has 0 saturated heterocycles. The average molecular weight is 522 g/mol. The molecule has 6 nitrogen and oxygen atoms in total. The molecule has 1 rings (SSSR count). The fourth-order valence-corrected chi connectivity index (χ4v) is 2.46. The van der Waals surface area contributed by atoms with Gasteiger partial charge >= 0.3 is 7.82 Å². The van der Waals surface area contributed by atoms with E-state index in [4.69, 9.17) is 19.2 Å². The number of benzene rings is 1. The van der Waals surface area contributed by atoms with Crippen LogP contribution in [0.25, 0.3) is 0 Å². The van der Waals surface area contributed by atoms with Gasteiger partial charge in [-0.3, -0.25) is 0 Å². The maximum Gasteiger partial charge on any atom is 0.466 e. The van der Waals surface area contributed by atoms with Crippen LogP contribution in [0.4, 0.5) is 5.69 Å². The molecule has 0 aliphatic carbocycles. The summed E-state index contributed by atoms with van der Waals surface area (Å²) in [4.78, 5) is 21.6. The highest BCUT2D eigenvalue weighted by molar-refractivity contribution is 9.13. The number of anilines is 1. The zero-order chi connectivity index (χ0) is 13.6. The van der Waals surface area contributed by atoms with Crippen molar-refractivity contribution in [3.63, 3.8) is 0 Å². The summed E-state index contributed by atoms with van der Waals surface area (Å²) in [6.07, 6.45) is 0. The van der Waals surface area contributed by atoms with Crippen molar-refractivity contribution in [3.8, 4) is 0 Å². The molecule has 0 aromatic heterocycles. The molecule has 98 valence electrons. The van der Waals surface area contributed by atoms with Gasteiger partial charge in [0, 0.05) is 25.1 Å². The lowest BCUT2D eigenvalue weighted by molar-refractivity contribution is 0.275. The first-order chi connectivity index (χ1) is 7.65. The van der Waals surface area contributed by atoms with Crippen molar-refractivity contribution in [2.24, 2.45) is 0 Å². The normalized spacial score (nSPS) is 10.5. The van der Waals surface area contributed by atoms with Crippen molar-refractivity contribution in [2.45, 2.75) is 0 Å². The molecule has 17 heavy (non-hydrogen) atoms. The molecule has 0 aliphatic heterocycles. The van der Waals surface area contributed by atoms with Crippen molar-refractivity contribution in [3.05, 3.63) is 25.6 Å². The van der Waals surface area contributed by atoms with Crippen LogP contribution in [0, 0.1) is 0 Å². The predicted octanol–water partition coefficient (Wildman–Crippen LogP) is 3.27. The van der Waals surface area contributed by atoms with E-state index in [1.54, 1.807) is 0 Å². The van der Waals surface area contributed by atoms with Gasteiger partial charge in [-0.25, -0.2) is 4.57 Å². The lowest BCUT2D eigenvalue weighted by atomic mass is 10.3. The lowest BCUT2D eigenvalue weighted by Gasteiger charge is -2.07. The monoisotopic (exact) mass is 518 g/mol. The Morgan fingerprint density at radius 3 is 2.00 bits per heavy atom. The van der Waals surface area contributed by atoms with E-state index in [9.17, 15) is 0 Å². The minimum absolute atomic E-state index is 0.938. The molecule has 0 saturated carbocycles. The van der Waals surface area contributed by atoms with E-state index in [-0.39, 0.29) is 0 Å². The van der Waals surface area contributed by atoms with E-state index in [2.05, 4.69) is 73.8 Å². The van der Waals surface area contributed by atoms with Crippen LogP contribution < -0.4 is 9.88 Å². The summed E-state index contributed by atoms with van der Waals surface area (Å²) in [5.41, 5.74) is 3.86. The molecular formula is C6H7Br4N2O4P. The zero-order valence-electron chi connectivity index (χ0n) is 7.86. The Morgan fingerprint density at radius 2 is 1.59 bits per heavy atom. The van der Waals surface area contributed by atoms with Crippen LogP contribution in [0.1, 0.15) is 0 Å².